The predicted molar refractivity (Wildman–Crippen MR) is 78.1 cm³/mol. The van der Waals surface area contributed by atoms with Crippen molar-refractivity contribution in [1.29, 1.82) is 0 Å². The van der Waals surface area contributed by atoms with Crippen LogP contribution in [0.3, 0.4) is 0 Å². The second-order valence-corrected chi connectivity index (χ2v) is 5.58. The Morgan fingerprint density at radius 1 is 1.37 bits per heavy atom. The van der Waals surface area contributed by atoms with Crippen LogP contribution in [0.1, 0.15) is 46.5 Å². The van der Waals surface area contributed by atoms with E-state index in [4.69, 9.17) is 4.74 Å². The molecule has 0 bridgehead atoms. The molecular weight excluding hydrogens is 240 g/mol. The van der Waals surface area contributed by atoms with Gasteiger partial charge in [-0.1, -0.05) is 13.8 Å². The van der Waals surface area contributed by atoms with Gasteiger partial charge in [0.05, 0.1) is 7.11 Å². The molecule has 0 saturated heterocycles. The summed E-state index contributed by atoms with van der Waals surface area (Å²) < 4.78 is 4.88. The van der Waals surface area contributed by atoms with E-state index in [9.17, 15) is 4.79 Å². The van der Waals surface area contributed by atoms with E-state index in [0.717, 1.165) is 38.9 Å². The third-order valence-corrected chi connectivity index (χ3v) is 4.02. The summed E-state index contributed by atoms with van der Waals surface area (Å²) in [5.41, 5.74) is 0. The number of carbonyl (C=O) groups excluding carboxylic acids is 1. The summed E-state index contributed by atoms with van der Waals surface area (Å²) in [4.78, 5) is 14.1. The van der Waals surface area contributed by atoms with E-state index in [1.54, 1.807) is 0 Å². The van der Waals surface area contributed by atoms with Gasteiger partial charge in [-0.25, -0.2) is 0 Å². The molecule has 2 unspecified atom stereocenters. The first-order chi connectivity index (χ1) is 9.12. The van der Waals surface area contributed by atoms with E-state index in [1.165, 1.54) is 13.5 Å². The quantitative estimate of drug-likeness (QED) is 0.617. The Hall–Kier alpha value is -0.610. The molecule has 0 aromatic rings. The predicted octanol–water partition coefficient (Wildman–Crippen LogP) is 2.04. The molecule has 4 heteroatoms. The lowest BCUT2D eigenvalue weighted by Gasteiger charge is -2.23. The summed E-state index contributed by atoms with van der Waals surface area (Å²) in [6.07, 6.45) is 4.59. The fourth-order valence-electron chi connectivity index (χ4n) is 2.50. The lowest BCUT2D eigenvalue weighted by atomic mass is 10.1. The molecule has 0 aromatic carbocycles. The Balaban J connectivity index is 2.24. The molecule has 1 saturated carbocycles. The lowest BCUT2D eigenvalue weighted by Crippen LogP contribution is -2.44. The Morgan fingerprint density at radius 2 is 2.00 bits per heavy atom. The fourth-order valence-corrected chi connectivity index (χ4v) is 2.50. The molecule has 0 spiro atoms. The molecule has 19 heavy (non-hydrogen) atoms. The van der Waals surface area contributed by atoms with Crippen molar-refractivity contribution in [3.8, 4) is 0 Å². The Bertz CT molecular complexity index is 263. The van der Waals surface area contributed by atoms with Gasteiger partial charge in [-0.3, -0.25) is 4.79 Å². The van der Waals surface area contributed by atoms with E-state index in [1.807, 2.05) is 0 Å². The number of carbonyl (C=O) groups is 1. The van der Waals surface area contributed by atoms with E-state index in [-0.39, 0.29) is 12.0 Å². The minimum absolute atomic E-state index is 0.0894. The first-order valence-electron chi connectivity index (χ1n) is 7.68. The van der Waals surface area contributed by atoms with E-state index in [2.05, 4.69) is 31.0 Å². The minimum atomic E-state index is -0.0990. The first-order valence-corrected chi connectivity index (χ1v) is 7.68. The normalized spacial score (nSPS) is 18.4. The van der Waals surface area contributed by atoms with Gasteiger partial charge in [0.15, 0.2) is 0 Å². The van der Waals surface area contributed by atoms with Crippen LogP contribution < -0.4 is 5.32 Å². The number of methoxy groups -OCH3 is 1. The van der Waals surface area contributed by atoms with Crippen molar-refractivity contribution in [2.75, 3.05) is 26.7 Å². The van der Waals surface area contributed by atoms with E-state index < -0.39 is 0 Å². The molecule has 0 heterocycles. The van der Waals surface area contributed by atoms with Crippen molar-refractivity contribution in [3.63, 3.8) is 0 Å². The van der Waals surface area contributed by atoms with Gasteiger partial charge in [0, 0.05) is 6.04 Å². The van der Waals surface area contributed by atoms with Crippen LogP contribution in [0, 0.1) is 5.92 Å². The highest BCUT2D eigenvalue weighted by molar-refractivity contribution is 5.76. The van der Waals surface area contributed by atoms with Gasteiger partial charge in [0.1, 0.15) is 6.04 Å². The monoisotopic (exact) mass is 270 g/mol. The zero-order valence-corrected chi connectivity index (χ0v) is 12.9. The van der Waals surface area contributed by atoms with Crippen LogP contribution in [0.25, 0.3) is 0 Å². The van der Waals surface area contributed by atoms with Gasteiger partial charge in [-0.2, -0.15) is 0 Å². The summed E-state index contributed by atoms with van der Waals surface area (Å²) in [5, 5.41) is 3.45. The molecular formula is C15H30N2O2. The van der Waals surface area contributed by atoms with Gasteiger partial charge in [-0.05, 0) is 58.2 Å². The van der Waals surface area contributed by atoms with E-state index >= 15 is 0 Å². The summed E-state index contributed by atoms with van der Waals surface area (Å²) in [6.45, 7) is 9.94. The van der Waals surface area contributed by atoms with Crippen LogP contribution in [0.2, 0.25) is 0 Å². The molecule has 112 valence electrons. The Labute approximate surface area is 117 Å². The van der Waals surface area contributed by atoms with Crippen LogP contribution in [0.15, 0.2) is 0 Å². The molecule has 1 N–H and O–H groups in total. The summed E-state index contributed by atoms with van der Waals surface area (Å²) in [5.74, 6) is 0.399. The van der Waals surface area contributed by atoms with Gasteiger partial charge >= 0.3 is 5.97 Å². The summed E-state index contributed by atoms with van der Waals surface area (Å²) in [7, 11) is 1.48. The molecule has 0 aliphatic heterocycles. The van der Waals surface area contributed by atoms with Gasteiger partial charge in [0.2, 0.25) is 0 Å². The largest absolute Gasteiger partial charge is 0.468 e. The number of esters is 1. The standard InChI is InChI=1S/C15H30N2O2/c1-5-17(6-2)11-7-8-12(3)16-14(13-9-10-13)15(18)19-4/h12-14,16H,5-11H2,1-4H3. The minimum Gasteiger partial charge on any atom is -0.468 e. The topological polar surface area (TPSA) is 41.6 Å². The Morgan fingerprint density at radius 3 is 2.47 bits per heavy atom. The Kier molecular flexibility index (Phi) is 7.39. The van der Waals surface area contributed by atoms with Crippen molar-refractivity contribution in [1.82, 2.24) is 10.2 Å². The third kappa shape index (κ3) is 5.91. The van der Waals surface area contributed by atoms with Gasteiger partial charge < -0.3 is 15.0 Å². The number of ether oxygens (including phenoxy) is 1. The van der Waals surface area contributed by atoms with Crippen LogP contribution in [-0.4, -0.2) is 49.7 Å². The van der Waals surface area contributed by atoms with Crippen molar-refractivity contribution in [2.45, 2.75) is 58.5 Å². The van der Waals surface area contributed by atoms with Gasteiger partial charge in [0.25, 0.3) is 0 Å². The lowest BCUT2D eigenvalue weighted by molar-refractivity contribution is -0.144. The summed E-state index contributed by atoms with van der Waals surface area (Å²) in [6, 6.07) is 0.286. The number of nitrogens with zero attached hydrogens (tertiary/aromatic N) is 1. The molecule has 0 radical (unpaired) electrons. The molecule has 1 aliphatic carbocycles. The molecule has 1 rings (SSSR count). The zero-order valence-electron chi connectivity index (χ0n) is 12.9. The van der Waals surface area contributed by atoms with Crippen molar-refractivity contribution < 1.29 is 9.53 Å². The van der Waals surface area contributed by atoms with E-state index in [0.29, 0.717) is 12.0 Å². The maximum Gasteiger partial charge on any atom is 0.323 e. The van der Waals surface area contributed by atoms with Crippen LogP contribution in [0.4, 0.5) is 0 Å². The molecule has 1 fully saturated rings. The van der Waals surface area contributed by atoms with Crippen LogP contribution >= 0.6 is 0 Å². The van der Waals surface area contributed by atoms with Crippen molar-refractivity contribution >= 4 is 5.97 Å². The smallest absolute Gasteiger partial charge is 0.323 e. The highest BCUT2D eigenvalue weighted by atomic mass is 16.5. The van der Waals surface area contributed by atoms with Gasteiger partial charge in [-0.15, -0.1) is 0 Å². The zero-order chi connectivity index (χ0) is 14.3. The average Bonchev–Trinajstić information content (AvgIpc) is 3.24. The average molecular weight is 270 g/mol. The molecule has 0 amide bonds. The highest BCUT2D eigenvalue weighted by Gasteiger charge is 2.37. The maximum absolute atomic E-state index is 11.7. The van der Waals surface area contributed by atoms with Crippen molar-refractivity contribution in [3.05, 3.63) is 0 Å². The van der Waals surface area contributed by atoms with Crippen LogP contribution in [0.5, 0.6) is 0 Å². The first kappa shape index (κ1) is 16.4. The third-order valence-electron chi connectivity index (χ3n) is 4.02. The molecule has 2 atom stereocenters. The summed E-state index contributed by atoms with van der Waals surface area (Å²) >= 11 is 0. The second kappa shape index (κ2) is 8.54. The maximum atomic E-state index is 11.7. The SMILES string of the molecule is CCN(CC)CCCC(C)NC(C(=O)OC)C1CC1. The number of nitrogens with one attached hydrogen (secondary N) is 1. The second-order valence-electron chi connectivity index (χ2n) is 5.58. The number of hydrogen-bond donors (Lipinski definition) is 1. The number of rotatable bonds is 10. The molecule has 1 aliphatic rings. The molecule has 0 aromatic heterocycles. The van der Waals surface area contributed by atoms with Crippen LogP contribution in [-0.2, 0) is 9.53 Å². The fraction of sp³-hybridized carbons (Fsp3) is 0.933. The van der Waals surface area contributed by atoms with Crippen molar-refractivity contribution in [2.24, 2.45) is 5.92 Å². The molecule has 4 nitrogen and oxygen atoms in total. The number of hydrogen-bond acceptors (Lipinski definition) is 4. The highest BCUT2D eigenvalue weighted by Crippen LogP contribution is 2.33.